The fourth-order valence-corrected chi connectivity index (χ4v) is 3.23. The first kappa shape index (κ1) is 15.7. The molecule has 3 heterocycles. The molecule has 0 spiro atoms. The van der Waals surface area contributed by atoms with Gasteiger partial charge in [-0.2, -0.15) is 0 Å². The van der Waals surface area contributed by atoms with Gasteiger partial charge in [0.2, 0.25) is 0 Å². The van der Waals surface area contributed by atoms with Crippen LogP contribution in [0.15, 0.2) is 38.6 Å². The molecule has 8 nitrogen and oxygen atoms in total. The molecule has 3 aromatic heterocycles. The zero-order valence-corrected chi connectivity index (χ0v) is 15.0. The van der Waals surface area contributed by atoms with Crippen LogP contribution in [0.3, 0.4) is 0 Å². The van der Waals surface area contributed by atoms with E-state index in [1.54, 1.807) is 7.05 Å². The molecule has 0 radical (unpaired) electrons. The average Bonchev–Trinajstić information content (AvgIpc) is 2.99. The van der Waals surface area contributed by atoms with E-state index in [2.05, 4.69) is 35.9 Å². The number of rotatable bonds is 2. The van der Waals surface area contributed by atoms with Crippen molar-refractivity contribution < 1.29 is 0 Å². The van der Waals surface area contributed by atoms with Crippen molar-refractivity contribution in [3.8, 4) is 0 Å². The summed E-state index contributed by atoms with van der Waals surface area (Å²) in [6.45, 7) is 1.87. The Morgan fingerprint density at radius 2 is 1.92 bits per heavy atom. The largest absolute Gasteiger partial charge is 0.332 e. The van der Waals surface area contributed by atoms with Gasteiger partial charge in [-0.15, -0.1) is 0 Å². The summed E-state index contributed by atoms with van der Waals surface area (Å²) in [5.74, 6) is 0.410. The van der Waals surface area contributed by atoms with Crippen molar-refractivity contribution in [2.24, 2.45) is 7.05 Å². The van der Waals surface area contributed by atoms with Crippen LogP contribution in [0.2, 0.25) is 0 Å². The van der Waals surface area contributed by atoms with Crippen LogP contribution in [0.5, 0.6) is 0 Å². The number of H-pyrrole nitrogens is 1. The van der Waals surface area contributed by atoms with Crippen LogP contribution in [0.1, 0.15) is 11.5 Å². The number of hydrogen-bond donors (Lipinski definition) is 1. The molecule has 25 heavy (non-hydrogen) atoms. The molecule has 0 aliphatic rings. The number of nitrogens with zero attached hydrogens (tertiary/aromatic N) is 5. The highest BCUT2D eigenvalue weighted by Gasteiger charge is 2.16. The third-order valence-corrected chi connectivity index (χ3v) is 4.47. The summed E-state index contributed by atoms with van der Waals surface area (Å²) in [6.07, 6.45) is 0. The smallest absolute Gasteiger partial charge is 0.327 e. The summed E-state index contributed by atoms with van der Waals surface area (Å²) in [6, 6.07) is 7.62. The maximum Gasteiger partial charge on any atom is 0.332 e. The van der Waals surface area contributed by atoms with E-state index >= 15 is 0 Å². The van der Waals surface area contributed by atoms with Crippen molar-refractivity contribution in [1.29, 1.82) is 0 Å². The molecule has 1 aromatic carbocycles. The molecule has 0 saturated heterocycles. The fourth-order valence-electron chi connectivity index (χ4n) is 2.87. The summed E-state index contributed by atoms with van der Waals surface area (Å²) in [5.41, 5.74) is 1.22. The van der Waals surface area contributed by atoms with E-state index in [9.17, 15) is 9.59 Å². The Hall–Kier alpha value is -2.81. The summed E-state index contributed by atoms with van der Waals surface area (Å²) in [4.78, 5) is 41.1. The van der Waals surface area contributed by atoms with Crippen LogP contribution in [0.25, 0.3) is 22.1 Å². The maximum atomic E-state index is 12.7. The number of aryl methyl sites for hydroxylation is 2. The number of aromatic nitrogens is 6. The molecule has 0 bridgehead atoms. The van der Waals surface area contributed by atoms with Gasteiger partial charge >= 0.3 is 5.69 Å². The molecule has 0 aliphatic heterocycles. The molecule has 4 rings (SSSR count). The predicted molar refractivity (Wildman–Crippen MR) is 96.7 cm³/mol. The first-order valence-corrected chi connectivity index (χ1v) is 8.32. The van der Waals surface area contributed by atoms with Gasteiger partial charge in [-0.05, 0) is 28.9 Å². The van der Waals surface area contributed by atoms with Crippen molar-refractivity contribution >= 4 is 38.0 Å². The van der Waals surface area contributed by atoms with E-state index in [1.807, 2.05) is 31.2 Å². The quantitative estimate of drug-likeness (QED) is 0.513. The van der Waals surface area contributed by atoms with Crippen LogP contribution in [-0.4, -0.2) is 29.1 Å². The number of nitrogens with one attached hydrogen (secondary N) is 1. The lowest BCUT2D eigenvalue weighted by Gasteiger charge is -2.09. The third-order valence-electron chi connectivity index (χ3n) is 4.09. The van der Waals surface area contributed by atoms with Gasteiger partial charge in [0, 0.05) is 18.1 Å². The van der Waals surface area contributed by atoms with Crippen LogP contribution >= 0.6 is 15.9 Å². The van der Waals surface area contributed by atoms with E-state index in [1.165, 1.54) is 4.57 Å². The lowest BCUT2D eigenvalue weighted by atomic mass is 10.2. The normalized spacial score (nSPS) is 11.5. The Morgan fingerprint density at radius 3 is 2.72 bits per heavy atom. The van der Waals surface area contributed by atoms with E-state index < -0.39 is 11.2 Å². The zero-order chi connectivity index (χ0) is 17.7. The summed E-state index contributed by atoms with van der Waals surface area (Å²) >= 11 is 3.19. The van der Waals surface area contributed by atoms with Gasteiger partial charge in [0.25, 0.3) is 5.56 Å². The molecule has 126 valence electrons. The number of halogens is 1. The molecular formula is C16H13BrN6O2. The molecule has 4 aromatic rings. The highest BCUT2D eigenvalue weighted by Crippen LogP contribution is 2.15. The Bertz CT molecular complexity index is 1250. The van der Waals surface area contributed by atoms with Crippen molar-refractivity contribution in [3.63, 3.8) is 0 Å². The van der Waals surface area contributed by atoms with Gasteiger partial charge in [0.15, 0.2) is 15.9 Å². The van der Waals surface area contributed by atoms with Crippen molar-refractivity contribution in [2.75, 3.05) is 0 Å². The highest BCUT2D eigenvalue weighted by atomic mass is 79.9. The summed E-state index contributed by atoms with van der Waals surface area (Å²) in [5, 5.41) is 0.944. The molecule has 9 heteroatoms. The molecule has 1 N–H and O–H groups in total. The van der Waals surface area contributed by atoms with Gasteiger partial charge < -0.3 is 4.98 Å². The zero-order valence-electron chi connectivity index (χ0n) is 13.4. The lowest BCUT2D eigenvalue weighted by molar-refractivity contribution is 0.636. The average molecular weight is 401 g/mol. The fraction of sp³-hybridized carbons (Fsp3) is 0.188. The Labute approximate surface area is 149 Å². The van der Waals surface area contributed by atoms with E-state index in [4.69, 9.17) is 0 Å². The Balaban J connectivity index is 1.92. The van der Waals surface area contributed by atoms with Gasteiger partial charge in [-0.3, -0.25) is 13.9 Å². The van der Waals surface area contributed by atoms with Gasteiger partial charge in [-0.25, -0.2) is 19.7 Å². The number of fused-ring (bicyclic) bond motifs is 2. The second kappa shape index (κ2) is 5.62. The minimum Gasteiger partial charge on any atom is -0.327 e. The monoisotopic (exact) mass is 400 g/mol. The minimum absolute atomic E-state index is 0.0102. The standard InChI is InChI=1S/C16H13BrN6O2/c1-8-9-5-3-4-6-10(9)19-11(18-8)7-23-14(24)12-13(21-15(17)20-12)22(2)16(23)25/h3-6H,7H2,1-2H3,(H,20,21). The molecule has 0 amide bonds. The van der Waals surface area contributed by atoms with Gasteiger partial charge in [0.05, 0.1) is 12.1 Å². The Kier molecular flexibility index (Phi) is 3.53. The number of hydrogen-bond acceptors (Lipinski definition) is 5. The molecular weight excluding hydrogens is 388 g/mol. The molecule has 0 fully saturated rings. The SMILES string of the molecule is Cc1nc(Cn2c(=O)c3[nH]c(Br)nc3n(C)c2=O)nc2ccccc12. The molecule has 0 aliphatic carbocycles. The molecule has 0 atom stereocenters. The topological polar surface area (TPSA) is 98.5 Å². The van der Waals surface area contributed by atoms with Gasteiger partial charge in [-0.1, -0.05) is 18.2 Å². The predicted octanol–water partition coefficient (Wildman–Crippen LogP) is 1.49. The second-order valence-corrected chi connectivity index (χ2v) is 6.45. The number of benzene rings is 1. The highest BCUT2D eigenvalue weighted by molar-refractivity contribution is 9.10. The van der Waals surface area contributed by atoms with Crippen molar-refractivity contribution in [1.82, 2.24) is 29.1 Å². The van der Waals surface area contributed by atoms with Gasteiger partial charge in [0.1, 0.15) is 5.82 Å². The van der Waals surface area contributed by atoms with Crippen LogP contribution in [0, 0.1) is 6.92 Å². The first-order chi connectivity index (χ1) is 12.0. The van der Waals surface area contributed by atoms with E-state index in [0.717, 1.165) is 21.2 Å². The van der Waals surface area contributed by atoms with Crippen molar-refractivity contribution in [3.05, 3.63) is 61.4 Å². The summed E-state index contributed by atoms with van der Waals surface area (Å²) < 4.78 is 2.83. The van der Waals surface area contributed by atoms with Crippen LogP contribution < -0.4 is 11.2 Å². The number of para-hydroxylation sites is 1. The second-order valence-electron chi connectivity index (χ2n) is 5.70. The molecule has 0 unspecified atom stereocenters. The van der Waals surface area contributed by atoms with Crippen LogP contribution in [-0.2, 0) is 13.6 Å². The van der Waals surface area contributed by atoms with E-state index in [0.29, 0.717) is 16.2 Å². The summed E-state index contributed by atoms with van der Waals surface area (Å²) in [7, 11) is 1.57. The lowest BCUT2D eigenvalue weighted by Crippen LogP contribution is -2.39. The number of aromatic amines is 1. The Morgan fingerprint density at radius 1 is 1.16 bits per heavy atom. The first-order valence-electron chi connectivity index (χ1n) is 7.53. The third kappa shape index (κ3) is 2.47. The maximum absolute atomic E-state index is 12.7. The van der Waals surface area contributed by atoms with Crippen LogP contribution in [0.4, 0.5) is 0 Å². The molecule has 0 saturated carbocycles. The van der Waals surface area contributed by atoms with Crippen molar-refractivity contribution in [2.45, 2.75) is 13.5 Å². The minimum atomic E-state index is -0.467. The number of imidazole rings is 1. The van der Waals surface area contributed by atoms with E-state index in [-0.39, 0.29) is 12.1 Å².